The molecule has 3 nitrogen and oxygen atoms in total. The first kappa shape index (κ1) is 17.2. The fraction of sp³-hybridized carbons (Fsp3) is 0.0556. The van der Waals surface area contributed by atoms with Crippen molar-refractivity contribution < 1.29 is 26.3 Å². The summed E-state index contributed by atoms with van der Waals surface area (Å²) >= 11 is 0. The second-order valence-electron chi connectivity index (χ2n) is 5.86. The monoisotopic (exact) mass is 381 g/mol. The first-order valence-electron chi connectivity index (χ1n) is 7.63. The SMILES string of the molecule is Fc1cc2[nH]cc(Nc3ccc4c(F)cc(C(F)(F)F)cc4n3)c2cc1F. The third-order valence-electron chi connectivity index (χ3n) is 4.07. The van der Waals surface area contributed by atoms with Gasteiger partial charge in [0.2, 0.25) is 0 Å². The molecule has 0 radical (unpaired) electrons. The molecule has 27 heavy (non-hydrogen) atoms. The van der Waals surface area contributed by atoms with Crippen LogP contribution >= 0.6 is 0 Å². The molecule has 0 aliphatic rings. The van der Waals surface area contributed by atoms with Crippen molar-refractivity contribution in [2.24, 2.45) is 0 Å². The molecular formula is C18H9F6N3. The van der Waals surface area contributed by atoms with Gasteiger partial charge < -0.3 is 10.3 Å². The predicted molar refractivity (Wildman–Crippen MR) is 88.2 cm³/mol. The van der Waals surface area contributed by atoms with Crippen molar-refractivity contribution in [1.82, 2.24) is 9.97 Å². The van der Waals surface area contributed by atoms with Gasteiger partial charge in [-0.05, 0) is 30.3 Å². The molecule has 0 spiro atoms. The molecule has 138 valence electrons. The number of nitrogens with one attached hydrogen (secondary N) is 2. The molecule has 0 amide bonds. The molecule has 0 bridgehead atoms. The van der Waals surface area contributed by atoms with E-state index in [9.17, 15) is 26.3 Å². The van der Waals surface area contributed by atoms with Crippen LogP contribution in [-0.4, -0.2) is 9.97 Å². The van der Waals surface area contributed by atoms with E-state index < -0.39 is 29.2 Å². The summed E-state index contributed by atoms with van der Waals surface area (Å²) in [5.41, 5.74) is -0.683. The molecule has 0 aliphatic heterocycles. The van der Waals surface area contributed by atoms with E-state index >= 15 is 0 Å². The highest BCUT2D eigenvalue weighted by molar-refractivity contribution is 5.94. The van der Waals surface area contributed by atoms with E-state index in [0.29, 0.717) is 22.7 Å². The number of fused-ring (bicyclic) bond motifs is 2. The Hall–Kier alpha value is -3.23. The number of aromatic nitrogens is 2. The lowest BCUT2D eigenvalue weighted by Crippen LogP contribution is -2.06. The van der Waals surface area contributed by atoms with Gasteiger partial charge in [0.05, 0.1) is 22.3 Å². The summed E-state index contributed by atoms with van der Waals surface area (Å²) in [6.07, 6.45) is -3.28. The highest BCUT2D eigenvalue weighted by atomic mass is 19.4. The molecule has 4 rings (SSSR count). The van der Waals surface area contributed by atoms with Gasteiger partial charge in [-0.15, -0.1) is 0 Å². The number of pyridine rings is 1. The number of aromatic amines is 1. The lowest BCUT2D eigenvalue weighted by atomic mass is 10.1. The average molecular weight is 381 g/mol. The van der Waals surface area contributed by atoms with Crippen LogP contribution in [0.3, 0.4) is 0 Å². The minimum absolute atomic E-state index is 0.0689. The van der Waals surface area contributed by atoms with Gasteiger partial charge in [-0.25, -0.2) is 18.2 Å². The maximum absolute atomic E-state index is 13.9. The van der Waals surface area contributed by atoms with Crippen LogP contribution in [0.25, 0.3) is 21.8 Å². The summed E-state index contributed by atoms with van der Waals surface area (Å²) in [6.45, 7) is 0. The summed E-state index contributed by atoms with van der Waals surface area (Å²) in [7, 11) is 0. The van der Waals surface area contributed by atoms with Crippen molar-refractivity contribution in [3.8, 4) is 0 Å². The van der Waals surface area contributed by atoms with Gasteiger partial charge in [-0.3, -0.25) is 0 Å². The van der Waals surface area contributed by atoms with Gasteiger partial charge in [-0.2, -0.15) is 13.2 Å². The van der Waals surface area contributed by atoms with E-state index in [1.54, 1.807) is 0 Å². The average Bonchev–Trinajstić information content (AvgIpc) is 2.96. The summed E-state index contributed by atoms with van der Waals surface area (Å²) in [5.74, 6) is -2.99. The number of H-pyrrole nitrogens is 1. The summed E-state index contributed by atoms with van der Waals surface area (Å²) in [6, 6.07) is 5.77. The zero-order chi connectivity index (χ0) is 19.3. The summed E-state index contributed by atoms with van der Waals surface area (Å²) < 4.78 is 79.3. The van der Waals surface area contributed by atoms with E-state index in [4.69, 9.17) is 0 Å². The minimum atomic E-state index is -4.71. The topological polar surface area (TPSA) is 40.7 Å². The third kappa shape index (κ3) is 3.05. The normalized spacial score (nSPS) is 12.1. The van der Waals surface area contributed by atoms with Crippen LogP contribution in [0.15, 0.2) is 42.6 Å². The van der Waals surface area contributed by atoms with Gasteiger partial charge in [0.15, 0.2) is 11.6 Å². The van der Waals surface area contributed by atoms with E-state index in [2.05, 4.69) is 15.3 Å². The van der Waals surface area contributed by atoms with Crippen molar-refractivity contribution in [2.45, 2.75) is 6.18 Å². The number of halogens is 6. The molecule has 4 aromatic rings. The highest BCUT2D eigenvalue weighted by Gasteiger charge is 2.31. The van der Waals surface area contributed by atoms with Crippen LogP contribution in [-0.2, 0) is 6.18 Å². The van der Waals surface area contributed by atoms with Gasteiger partial charge in [-0.1, -0.05) is 0 Å². The van der Waals surface area contributed by atoms with Crippen LogP contribution in [0.5, 0.6) is 0 Å². The molecule has 9 heteroatoms. The molecule has 0 fully saturated rings. The predicted octanol–water partition coefficient (Wildman–Crippen LogP) is 5.90. The smallest absolute Gasteiger partial charge is 0.359 e. The quantitative estimate of drug-likeness (QED) is 0.425. The van der Waals surface area contributed by atoms with Crippen LogP contribution < -0.4 is 5.32 Å². The number of benzene rings is 2. The Morgan fingerprint density at radius 1 is 0.852 bits per heavy atom. The fourth-order valence-corrected chi connectivity index (χ4v) is 2.78. The number of nitrogens with zero attached hydrogens (tertiary/aromatic N) is 1. The van der Waals surface area contributed by atoms with E-state index in [0.717, 1.165) is 18.2 Å². The zero-order valence-electron chi connectivity index (χ0n) is 13.3. The number of hydrogen-bond donors (Lipinski definition) is 2. The van der Waals surface area contributed by atoms with Gasteiger partial charge >= 0.3 is 6.18 Å². The first-order valence-corrected chi connectivity index (χ1v) is 7.63. The largest absolute Gasteiger partial charge is 0.416 e. The second-order valence-corrected chi connectivity index (χ2v) is 5.86. The number of alkyl halides is 3. The van der Waals surface area contributed by atoms with Crippen LogP contribution in [0.2, 0.25) is 0 Å². The van der Waals surface area contributed by atoms with E-state index in [-0.39, 0.29) is 16.7 Å². The lowest BCUT2D eigenvalue weighted by Gasteiger charge is -2.10. The first-order chi connectivity index (χ1) is 12.7. The summed E-state index contributed by atoms with van der Waals surface area (Å²) in [4.78, 5) is 6.75. The van der Waals surface area contributed by atoms with Crippen molar-refractivity contribution >= 4 is 33.3 Å². The number of anilines is 2. The molecule has 2 heterocycles. The third-order valence-corrected chi connectivity index (χ3v) is 4.07. The van der Waals surface area contributed by atoms with Crippen LogP contribution in [0.4, 0.5) is 37.8 Å². The number of rotatable bonds is 2. The van der Waals surface area contributed by atoms with Crippen LogP contribution in [0, 0.1) is 17.5 Å². The number of hydrogen-bond acceptors (Lipinski definition) is 2. The maximum Gasteiger partial charge on any atom is 0.416 e. The highest BCUT2D eigenvalue weighted by Crippen LogP contribution is 2.33. The molecule has 0 aliphatic carbocycles. The Balaban J connectivity index is 1.77. The minimum Gasteiger partial charge on any atom is -0.359 e. The molecular weight excluding hydrogens is 372 g/mol. The van der Waals surface area contributed by atoms with Crippen molar-refractivity contribution in [2.75, 3.05) is 5.32 Å². The molecule has 0 unspecified atom stereocenters. The van der Waals surface area contributed by atoms with Crippen molar-refractivity contribution in [1.29, 1.82) is 0 Å². The van der Waals surface area contributed by atoms with Gasteiger partial charge in [0.1, 0.15) is 11.6 Å². The Bertz CT molecular complexity index is 1180. The molecule has 0 saturated heterocycles. The fourth-order valence-electron chi connectivity index (χ4n) is 2.78. The van der Waals surface area contributed by atoms with Gasteiger partial charge in [0, 0.05) is 23.0 Å². The summed E-state index contributed by atoms with van der Waals surface area (Å²) in [5, 5.41) is 3.06. The zero-order valence-corrected chi connectivity index (χ0v) is 13.3. The molecule has 2 aromatic carbocycles. The molecule has 0 saturated carbocycles. The second kappa shape index (κ2) is 5.90. The molecule has 2 aromatic heterocycles. The Morgan fingerprint density at radius 2 is 1.59 bits per heavy atom. The van der Waals surface area contributed by atoms with Crippen molar-refractivity contribution in [3.05, 3.63) is 65.6 Å². The molecule has 2 N–H and O–H groups in total. The Kier molecular flexibility index (Phi) is 3.76. The Labute approximate surface area is 147 Å². The van der Waals surface area contributed by atoms with E-state index in [1.807, 2.05) is 0 Å². The standard InChI is InChI=1S/C18H9F6N3/c19-11-3-8(18(22,23)24)4-15-9(11)1-2-17(26-15)27-16-7-25-14-6-13(21)12(20)5-10(14)16/h1-7,25H,(H,26,27). The van der Waals surface area contributed by atoms with Crippen molar-refractivity contribution in [3.63, 3.8) is 0 Å². The lowest BCUT2D eigenvalue weighted by molar-refractivity contribution is -0.137. The Morgan fingerprint density at radius 3 is 2.33 bits per heavy atom. The maximum atomic E-state index is 13.9. The van der Waals surface area contributed by atoms with Gasteiger partial charge in [0.25, 0.3) is 0 Å². The van der Waals surface area contributed by atoms with E-state index in [1.165, 1.54) is 18.3 Å². The van der Waals surface area contributed by atoms with Crippen LogP contribution in [0.1, 0.15) is 5.56 Å². The molecule has 0 atom stereocenters.